The summed E-state index contributed by atoms with van der Waals surface area (Å²) in [4.78, 5) is 37.7. The summed E-state index contributed by atoms with van der Waals surface area (Å²) in [5.74, 6) is -1.47. The Kier molecular flexibility index (Phi) is 8.22. The molecular formula is C19H27N3O5. The molecule has 0 atom stereocenters. The van der Waals surface area contributed by atoms with Crippen LogP contribution in [-0.2, 0) is 19.1 Å². The summed E-state index contributed by atoms with van der Waals surface area (Å²) in [6.07, 6.45) is 1.97. The van der Waals surface area contributed by atoms with Gasteiger partial charge in [-0.1, -0.05) is 0 Å². The van der Waals surface area contributed by atoms with E-state index < -0.39 is 17.8 Å². The molecule has 0 aliphatic carbocycles. The quantitative estimate of drug-likeness (QED) is 0.541. The lowest BCUT2D eigenvalue weighted by Crippen LogP contribution is -2.42. The van der Waals surface area contributed by atoms with Crippen LogP contribution in [-0.4, -0.2) is 69.7 Å². The molecule has 1 aliphatic heterocycles. The zero-order valence-corrected chi connectivity index (χ0v) is 15.8. The third-order valence-corrected chi connectivity index (χ3v) is 4.64. The second kappa shape index (κ2) is 10.6. The van der Waals surface area contributed by atoms with Crippen molar-refractivity contribution < 1.29 is 23.9 Å². The maximum absolute atomic E-state index is 12.0. The highest BCUT2D eigenvalue weighted by Gasteiger charge is 2.21. The van der Waals surface area contributed by atoms with Crippen LogP contribution in [0.5, 0.6) is 0 Å². The van der Waals surface area contributed by atoms with E-state index in [0.29, 0.717) is 23.7 Å². The summed E-state index contributed by atoms with van der Waals surface area (Å²) in [7, 11) is 2.99. The van der Waals surface area contributed by atoms with Gasteiger partial charge in [0.15, 0.2) is 0 Å². The van der Waals surface area contributed by atoms with E-state index in [-0.39, 0.29) is 0 Å². The van der Waals surface area contributed by atoms with Crippen LogP contribution in [0.2, 0.25) is 0 Å². The Balaban J connectivity index is 1.71. The number of carbonyl (C=O) groups is 3. The highest BCUT2D eigenvalue weighted by molar-refractivity contribution is 6.39. The van der Waals surface area contributed by atoms with E-state index in [0.717, 1.165) is 39.1 Å². The van der Waals surface area contributed by atoms with Gasteiger partial charge in [0.2, 0.25) is 0 Å². The number of rotatable bonds is 7. The van der Waals surface area contributed by atoms with Crippen molar-refractivity contribution >= 4 is 23.5 Å². The van der Waals surface area contributed by atoms with E-state index in [9.17, 15) is 14.4 Å². The highest BCUT2D eigenvalue weighted by atomic mass is 16.5. The van der Waals surface area contributed by atoms with Gasteiger partial charge in [0.25, 0.3) is 0 Å². The Bertz CT molecular complexity index is 639. The summed E-state index contributed by atoms with van der Waals surface area (Å²) in [5, 5.41) is 5.22. The Morgan fingerprint density at radius 1 is 1.07 bits per heavy atom. The third kappa shape index (κ3) is 6.65. The zero-order valence-electron chi connectivity index (χ0n) is 15.8. The molecule has 2 N–H and O–H groups in total. The smallest absolute Gasteiger partial charge is 0.337 e. The number of nitrogens with zero attached hydrogens (tertiary/aromatic N) is 1. The number of methoxy groups -OCH3 is 2. The van der Waals surface area contributed by atoms with Crippen molar-refractivity contribution in [3.8, 4) is 0 Å². The molecule has 8 heteroatoms. The van der Waals surface area contributed by atoms with Gasteiger partial charge in [0.05, 0.1) is 19.3 Å². The first-order valence-corrected chi connectivity index (χ1v) is 9.02. The van der Waals surface area contributed by atoms with Gasteiger partial charge >= 0.3 is 17.8 Å². The van der Waals surface area contributed by atoms with Gasteiger partial charge in [0, 0.05) is 25.9 Å². The summed E-state index contributed by atoms with van der Waals surface area (Å²) >= 11 is 0. The van der Waals surface area contributed by atoms with Crippen molar-refractivity contribution in [3.63, 3.8) is 0 Å². The van der Waals surface area contributed by atoms with Gasteiger partial charge in [-0.3, -0.25) is 9.59 Å². The van der Waals surface area contributed by atoms with Gasteiger partial charge in [-0.2, -0.15) is 0 Å². The molecule has 1 heterocycles. The van der Waals surface area contributed by atoms with Gasteiger partial charge in [-0.05, 0) is 56.1 Å². The fraction of sp³-hybridized carbons (Fsp3) is 0.526. The first-order chi connectivity index (χ1) is 13.0. The van der Waals surface area contributed by atoms with Crippen molar-refractivity contribution in [2.45, 2.75) is 12.8 Å². The maximum atomic E-state index is 12.0. The van der Waals surface area contributed by atoms with Gasteiger partial charge in [0.1, 0.15) is 0 Å². The minimum Gasteiger partial charge on any atom is -0.465 e. The van der Waals surface area contributed by atoms with E-state index in [1.807, 2.05) is 0 Å². The number of nitrogens with one attached hydrogen (secondary N) is 2. The predicted molar refractivity (Wildman–Crippen MR) is 100 cm³/mol. The molecule has 27 heavy (non-hydrogen) atoms. The summed E-state index contributed by atoms with van der Waals surface area (Å²) in [6.45, 7) is 4.09. The maximum Gasteiger partial charge on any atom is 0.337 e. The SMILES string of the molecule is COCCN1CCC(CNC(=O)C(=O)Nc2ccc(C(=O)OC)cc2)CC1. The Morgan fingerprint density at radius 3 is 2.33 bits per heavy atom. The first kappa shape index (κ1) is 20.9. The Morgan fingerprint density at radius 2 is 1.74 bits per heavy atom. The van der Waals surface area contributed by atoms with Crippen LogP contribution in [0.3, 0.4) is 0 Å². The predicted octanol–water partition coefficient (Wildman–Crippen LogP) is 0.886. The second-order valence-corrected chi connectivity index (χ2v) is 6.51. The Labute approximate surface area is 159 Å². The van der Waals surface area contributed by atoms with Gasteiger partial charge in [-0.25, -0.2) is 4.79 Å². The lowest BCUT2D eigenvalue weighted by atomic mass is 9.97. The Hall–Kier alpha value is -2.45. The second-order valence-electron chi connectivity index (χ2n) is 6.51. The van der Waals surface area contributed by atoms with Crippen LogP contribution >= 0.6 is 0 Å². The fourth-order valence-corrected chi connectivity index (χ4v) is 2.95. The monoisotopic (exact) mass is 377 g/mol. The van der Waals surface area contributed by atoms with Gasteiger partial charge in [-0.15, -0.1) is 0 Å². The van der Waals surface area contributed by atoms with E-state index in [1.54, 1.807) is 19.2 Å². The summed E-state index contributed by atoms with van der Waals surface area (Å²) in [6, 6.07) is 6.15. The standard InChI is InChI=1S/C19H27N3O5/c1-26-12-11-22-9-7-14(8-10-22)13-20-17(23)18(24)21-16-5-3-15(4-6-16)19(25)27-2/h3-6,14H,7-13H2,1-2H3,(H,20,23)(H,21,24). The number of likely N-dealkylation sites (tertiary alicyclic amines) is 1. The van der Waals surface area contributed by atoms with E-state index in [1.165, 1.54) is 19.2 Å². The number of benzene rings is 1. The average Bonchev–Trinajstić information content (AvgIpc) is 2.71. The molecule has 148 valence electrons. The minimum absolute atomic E-state index is 0.372. The fourth-order valence-electron chi connectivity index (χ4n) is 2.95. The number of hydrogen-bond acceptors (Lipinski definition) is 6. The molecule has 0 aromatic heterocycles. The molecule has 0 unspecified atom stereocenters. The molecular weight excluding hydrogens is 350 g/mol. The van der Waals surface area contributed by atoms with Crippen molar-refractivity contribution in [1.29, 1.82) is 0 Å². The normalized spacial score (nSPS) is 15.2. The number of amides is 2. The largest absolute Gasteiger partial charge is 0.465 e. The molecule has 0 saturated carbocycles. The molecule has 0 spiro atoms. The lowest BCUT2D eigenvalue weighted by molar-refractivity contribution is -0.136. The van der Waals surface area contributed by atoms with E-state index in [4.69, 9.17) is 4.74 Å². The van der Waals surface area contributed by atoms with Crippen LogP contribution in [0.1, 0.15) is 23.2 Å². The van der Waals surface area contributed by atoms with Crippen molar-refractivity contribution in [1.82, 2.24) is 10.2 Å². The number of carbonyl (C=O) groups excluding carboxylic acids is 3. The topological polar surface area (TPSA) is 97.0 Å². The molecule has 2 rings (SSSR count). The molecule has 1 aromatic rings. The van der Waals surface area contributed by atoms with E-state index in [2.05, 4.69) is 20.3 Å². The molecule has 1 aromatic carbocycles. The number of ether oxygens (including phenoxy) is 2. The molecule has 1 aliphatic rings. The molecule has 8 nitrogen and oxygen atoms in total. The highest BCUT2D eigenvalue weighted by Crippen LogP contribution is 2.16. The van der Waals surface area contributed by atoms with Crippen LogP contribution in [0.15, 0.2) is 24.3 Å². The number of esters is 1. The van der Waals surface area contributed by atoms with Crippen LogP contribution < -0.4 is 10.6 Å². The van der Waals surface area contributed by atoms with Crippen LogP contribution in [0.4, 0.5) is 5.69 Å². The van der Waals surface area contributed by atoms with Crippen LogP contribution in [0, 0.1) is 5.92 Å². The number of hydrogen-bond donors (Lipinski definition) is 2. The van der Waals surface area contributed by atoms with Crippen LogP contribution in [0.25, 0.3) is 0 Å². The average molecular weight is 377 g/mol. The molecule has 1 saturated heterocycles. The van der Waals surface area contributed by atoms with E-state index >= 15 is 0 Å². The minimum atomic E-state index is -0.724. The zero-order chi connectivity index (χ0) is 19.6. The summed E-state index contributed by atoms with van der Waals surface area (Å²) < 4.78 is 9.69. The first-order valence-electron chi connectivity index (χ1n) is 9.02. The van der Waals surface area contributed by atoms with Gasteiger partial charge < -0.3 is 25.0 Å². The summed E-state index contributed by atoms with van der Waals surface area (Å²) in [5.41, 5.74) is 0.811. The van der Waals surface area contributed by atoms with Crippen molar-refractivity contribution in [2.75, 3.05) is 52.3 Å². The molecule has 0 radical (unpaired) electrons. The van der Waals surface area contributed by atoms with Crippen molar-refractivity contribution in [3.05, 3.63) is 29.8 Å². The number of piperidine rings is 1. The third-order valence-electron chi connectivity index (χ3n) is 4.64. The van der Waals surface area contributed by atoms with Crippen molar-refractivity contribution in [2.24, 2.45) is 5.92 Å². The molecule has 1 fully saturated rings. The lowest BCUT2D eigenvalue weighted by Gasteiger charge is -2.31. The molecule has 0 bridgehead atoms. The molecule has 2 amide bonds. The number of anilines is 1.